The van der Waals surface area contributed by atoms with Crippen molar-refractivity contribution >= 4 is 11.9 Å². The molecule has 1 rings (SSSR count). The molecule has 0 fully saturated rings. The summed E-state index contributed by atoms with van der Waals surface area (Å²) in [6.07, 6.45) is -4.40. The Morgan fingerprint density at radius 2 is 1.80 bits per heavy atom. The molecule has 1 aromatic carbocycles. The number of benzene rings is 1. The van der Waals surface area contributed by atoms with E-state index in [0.29, 0.717) is 12.0 Å². The molecule has 1 atom stereocenters. The molecule has 0 saturated carbocycles. The van der Waals surface area contributed by atoms with Gasteiger partial charge in [0.05, 0.1) is 5.97 Å². The first kappa shape index (κ1) is 16.0. The Balaban J connectivity index is 2.71. The van der Waals surface area contributed by atoms with Crippen molar-refractivity contribution in [1.29, 1.82) is 0 Å². The van der Waals surface area contributed by atoms with Crippen LogP contribution in [0.1, 0.15) is 35.2 Å². The summed E-state index contributed by atoms with van der Waals surface area (Å²) in [7, 11) is 0. The Kier molecular flexibility index (Phi) is 5.12. The van der Waals surface area contributed by atoms with Gasteiger partial charge in [-0.1, -0.05) is 31.2 Å². The van der Waals surface area contributed by atoms with E-state index in [4.69, 9.17) is 0 Å². The number of nitrogens with one attached hydrogen (secondary N) is 1. The second-order valence-corrected chi connectivity index (χ2v) is 4.22. The second kappa shape index (κ2) is 6.40. The summed E-state index contributed by atoms with van der Waals surface area (Å²) in [5, 5.41) is 12.4. The molecule has 1 aromatic rings. The van der Waals surface area contributed by atoms with Crippen LogP contribution in [-0.4, -0.2) is 24.6 Å². The Morgan fingerprint density at radius 1 is 1.25 bits per heavy atom. The molecule has 0 heterocycles. The van der Waals surface area contributed by atoms with Crippen LogP contribution in [0.25, 0.3) is 0 Å². The predicted octanol–water partition coefficient (Wildman–Crippen LogP) is 1.22. The summed E-state index contributed by atoms with van der Waals surface area (Å²) in [6, 6.07) is 5.63. The van der Waals surface area contributed by atoms with Crippen LogP contribution >= 0.6 is 0 Å². The maximum Gasteiger partial charge on any atom is 0.471 e. The highest BCUT2D eigenvalue weighted by Gasteiger charge is 2.38. The van der Waals surface area contributed by atoms with Crippen LogP contribution in [0, 0.1) is 0 Å². The molecule has 0 radical (unpaired) electrons. The number of carbonyl (C=O) groups excluding carboxylic acids is 2. The van der Waals surface area contributed by atoms with Crippen LogP contribution in [0.15, 0.2) is 24.3 Å². The number of carbonyl (C=O) groups is 2. The number of hydrogen-bond donors (Lipinski definition) is 1. The fourth-order valence-electron chi connectivity index (χ4n) is 1.71. The van der Waals surface area contributed by atoms with Gasteiger partial charge in [-0.3, -0.25) is 4.79 Å². The average molecular weight is 288 g/mol. The quantitative estimate of drug-likeness (QED) is 0.885. The zero-order valence-electron chi connectivity index (χ0n) is 10.7. The van der Waals surface area contributed by atoms with Crippen molar-refractivity contribution in [2.75, 3.05) is 6.54 Å². The molecular formula is C13H13F3NO3-. The van der Waals surface area contributed by atoms with E-state index in [9.17, 15) is 27.9 Å². The molecule has 0 aliphatic rings. The lowest BCUT2D eigenvalue weighted by molar-refractivity contribution is -0.255. The number of hydrogen-bond acceptors (Lipinski definition) is 3. The fraction of sp³-hybridized carbons (Fsp3) is 0.385. The van der Waals surface area contributed by atoms with Crippen molar-refractivity contribution in [2.45, 2.75) is 25.4 Å². The van der Waals surface area contributed by atoms with Crippen molar-refractivity contribution in [1.82, 2.24) is 5.32 Å². The third kappa shape index (κ3) is 4.25. The largest absolute Gasteiger partial charge is 0.545 e. The van der Waals surface area contributed by atoms with E-state index in [1.54, 1.807) is 6.92 Å². The first-order valence-corrected chi connectivity index (χ1v) is 5.92. The molecule has 1 N–H and O–H groups in total. The van der Waals surface area contributed by atoms with Gasteiger partial charge in [-0.25, -0.2) is 0 Å². The zero-order valence-corrected chi connectivity index (χ0v) is 10.7. The lowest BCUT2D eigenvalue weighted by Gasteiger charge is -2.17. The van der Waals surface area contributed by atoms with Gasteiger partial charge in [-0.05, 0) is 17.5 Å². The minimum absolute atomic E-state index is 0.0112. The number of halogens is 3. The van der Waals surface area contributed by atoms with Crippen LogP contribution < -0.4 is 10.4 Å². The third-order valence-electron chi connectivity index (χ3n) is 2.88. The lowest BCUT2D eigenvalue weighted by atomic mass is 9.95. The smallest absolute Gasteiger partial charge is 0.471 e. The van der Waals surface area contributed by atoms with E-state index in [1.807, 2.05) is 5.32 Å². The van der Waals surface area contributed by atoms with Gasteiger partial charge < -0.3 is 15.2 Å². The van der Waals surface area contributed by atoms with Crippen LogP contribution in [0.3, 0.4) is 0 Å². The van der Waals surface area contributed by atoms with Gasteiger partial charge in [0.2, 0.25) is 0 Å². The first-order valence-electron chi connectivity index (χ1n) is 5.92. The standard InChI is InChI=1S/C13H14F3NO3/c1-2-8(7-17-12(20)13(14,15)16)9-3-5-10(6-4-9)11(18)19/h3-6,8H,2,7H2,1H3,(H,17,20)(H,18,19)/p-1. The Morgan fingerprint density at radius 3 is 2.20 bits per heavy atom. The maximum atomic E-state index is 12.1. The summed E-state index contributed by atoms with van der Waals surface area (Å²) in [6.45, 7) is 1.59. The van der Waals surface area contributed by atoms with Crippen LogP contribution in [0.2, 0.25) is 0 Å². The molecule has 7 heteroatoms. The molecule has 110 valence electrons. The van der Waals surface area contributed by atoms with E-state index in [1.165, 1.54) is 24.3 Å². The minimum atomic E-state index is -4.91. The molecule has 4 nitrogen and oxygen atoms in total. The molecule has 1 unspecified atom stereocenters. The Hall–Kier alpha value is -2.05. The molecular weight excluding hydrogens is 275 g/mol. The van der Waals surface area contributed by atoms with Crippen LogP contribution in [-0.2, 0) is 4.79 Å². The highest BCUT2D eigenvalue weighted by Crippen LogP contribution is 2.20. The van der Waals surface area contributed by atoms with E-state index in [2.05, 4.69) is 0 Å². The second-order valence-electron chi connectivity index (χ2n) is 4.22. The molecule has 0 aliphatic heterocycles. The molecule has 0 aromatic heterocycles. The molecule has 20 heavy (non-hydrogen) atoms. The van der Waals surface area contributed by atoms with Crippen molar-refractivity contribution in [3.05, 3.63) is 35.4 Å². The lowest BCUT2D eigenvalue weighted by Crippen LogP contribution is -2.38. The van der Waals surface area contributed by atoms with Gasteiger partial charge in [-0.15, -0.1) is 0 Å². The van der Waals surface area contributed by atoms with E-state index < -0.39 is 18.1 Å². The fourth-order valence-corrected chi connectivity index (χ4v) is 1.71. The van der Waals surface area contributed by atoms with E-state index in [0.717, 1.165) is 0 Å². The van der Waals surface area contributed by atoms with Gasteiger partial charge >= 0.3 is 12.1 Å². The molecule has 0 spiro atoms. The van der Waals surface area contributed by atoms with Crippen LogP contribution in [0.4, 0.5) is 13.2 Å². The minimum Gasteiger partial charge on any atom is -0.545 e. The number of alkyl halides is 3. The zero-order chi connectivity index (χ0) is 15.3. The van der Waals surface area contributed by atoms with Gasteiger partial charge in [0.15, 0.2) is 0 Å². The summed E-state index contributed by atoms with van der Waals surface area (Å²) in [4.78, 5) is 21.3. The van der Waals surface area contributed by atoms with Crippen molar-refractivity contribution in [3.8, 4) is 0 Å². The Labute approximate surface area is 113 Å². The highest BCUT2D eigenvalue weighted by atomic mass is 19.4. The monoisotopic (exact) mass is 288 g/mol. The molecule has 0 aliphatic carbocycles. The maximum absolute atomic E-state index is 12.1. The number of aromatic carboxylic acids is 1. The first-order chi connectivity index (χ1) is 9.25. The average Bonchev–Trinajstić information content (AvgIpc) is 2.38. The van der Waals surface area contributed by atoms with Gasteiger partial charge in [0, 0.05) is 12.5 Å². The predicted molar refractivity (Wildman–Crippen MR) is 62.9 cm³/mol. The number of carboxylic acid groups (broad SMARTS) is 1. The topological polar surface area (TPSA) is 69.2 Å². The summed E-state index contributed by atoms with van der Waals surface area (Å²) >= 11 is 0. The van der Waals surface area contributed by atoms with Crippen molar-refractivity contribution in [2.24, 2.45) is 0 Å². The van der Waals surface area contributed by atoms with Crippen molar-refractivity contribution < 1.29 is 27.9 Å². The third-order valence-corrected chi connectivity index (χ3v) is 2.88. The van der Waals surface area contributed by atoms with E-state index >= 15 is 0 Å². The Bertz CT molecular complexity index is 483. The number of rotatable bonds is 5. The molecule has 0 saturated heterocycles. The summed E-state index contributed by atoms with van der Waals surface area (Å²) in [5.74, 6) is -3.63. The molecule has 1 amide bonds. The van der Waals surface area contributed by atoms with Gasteiger partial charge in [-0.2, -0.15) is 13.2 Å². The van der Waals surface area contributed by atoms with Gasteiger partial charge in [0.1, 0.15) is 0 Å². The highest BCUT2D eigenvalue weighted by molar-refractivity contribution is 5.85. The molecule has 0 bridgehead atoms. The van der Waals surface area contributed by atoms with Crippen molar-refractivity contribution in [3.63, 3.8) is 0 Å². The van der Waals surface area contributed by atoms with Crippen LogP contribution in [0.5, 0.6) is 0 Å². The van der Waals surface area contributed by atoms with E-state index in [-0.39, 0.29) is 18.0 Å². The number of amides is 1. The summed E-state index contributed by atoms with van der Waals surface area (Å²) < 4.78 is 36.2. The SMILES string of the molecule is CCC(CNC(=O)C(F)(F)F)c1ccc(C(=O)[O-])cc1. The van der Waals surface area contributed by atoms with Gasteiger partial charge in [0.25, 0.3) is 0 Å². The number of carboxylic acids is 1. The normalized spacial score (nSPS) is 12.8. The summed E-state index contributed by atoms with van der Waals surface area (Å²) in [5.41, 5.74) is 0.642.